The minimum absolute atomic E-state index is 0.794. The molecule has 0 saturated heterocycles. The molecule has 2 aromatic carbocycles. The lowest BCUT2D eigenvalue weighted by atomic mass is 10.2. The van der Waals surface area contributed by atoms with E-state index in [-0.39, 0.29) is 0 Å². The molecule has 0 aliphatic heterocycles. The van der Waals surface area contributed by atoms with Crippen molar-refractivity contribution in [3.05, 3.63) is 48.5 Å². The van der Waals surface area contributed by atoms with Gasteiger partial charge in [0.2, 0.25) is 0 Å². The van der Waals surface area contributed by atoms with Gasteiger partial charge in [-0.3, -0.25) is 0 Å². The second-order valence-corrected chi connectivity index (χ2v) is 6.34. The van der Waals surface area contributed by atoms with Crippen LogP contribution in [-0.2, 0) is 0 Å². The summed E-state index contributed by atoms with van der Waals surface area (Å²) in [5.41, 5.74) is 2.09. The average Bonchev–Trinajstić information content (AvgIpc) is 2.68. The summed E-state index contributed by atoms with van der Waals surface area (Å²) in [5.74, 6) is 1.80. The number of benzene rings is 2. The number of hydrogen-bond acceptors (Lipinski definition) is 4. The monoisotopic (exact) mass is 356 g/mol. The first kappa shape index (κ1) is 20.0. The maximum absolute atomic E-state index is 5.86. The molecule has 0 aliphatic carbocycles. The van der Waals surface area contributed by atoms with Crippen LogP contribution in [0.2, 0.25) is 0 Å². The van der Waals surface area contributed by atoms with Crippen LogP contribution in [-0.4, -0.2) is 26.8 Å². The van der Waals surface area contributed by atoms with Crippen molar-refractivity contribution < 1.29 is 9.47 Å². The Kier molecular flexibility index (Phi) is 9.26. The normalized spacial score (nSPS) is 10.4. The number of anilines is 2. The summed E-state index contributed by atoms with van der Waals surface area (Å²) >= 11 is 0. The van der Waals surface area contributed by atoms with Crippen molar-refractivity contribution in [2.75, 3.05) is 37.4 Å². The van der Waals surface area contributed by atoms with E-state index in [1.54, 1.807) is 7.11 Å². The van der Waals surface area contributed by atoms with Gasteiger partial charge in [0.25, 0.3) is 0 Å². The third-order valence-corrected chi connectivity index (χ3v) is 4.23. The molecule has 2 rings (SSSR count). The van der Waals surface area contributed by atoms with E-state index in [1.807, 2.05) is 36.4 Å². The lowest BCUT2D eigenvalue weighted by molar-refractivity contribution is 0.304. The van der Waals surface area contributed by atoms with Crippen LogP contribution in [0.1, 0.15) is 39.0 Å². The summed E-state index contributed by atoms with van der Waals surface area (Å²) in [5, 5.41) is 6.82. The van der Waals surface area contributed by atoms with Gasteiger partial charge in [0, 0.05) is 24.8 Å². The molecule has 2 aromatic rings. The Morgan fingerprint density at radius 1 is 0.846 bits per heavy atom. The molecule has 0 saturated carbocycles. The van der Waals surface area contributed by atoms with Crippen LogP contribution in [0.3, 0.4) is 0 Å². The first-order valence-corrected chi connectivity index (χ1v) is 9.67. The Bertz CT molecular complexity index is 631. The fourth-order valence-electron chi connectivity index (χ4n) is 2.79. The zero-order valence-corrected chi connectivity index (χ0v) is 16.1. The second kappa shape index (κ2) is 12.1. The van der Waals surface area contributed by atoms with Crippen molar-refractivity contribution in [3.8, 4) is 11.5 Å². The van der Waals surface area contributed by atoms with Gasteiger partial charge in [-0.05, 0) is 30.7 Å². The van der Waals surface area contributed by atoms with Gasteiger partial charge in [0.05, 0.1) is 19.4 Å². The first-order valence-electron chi connectivity index (χ1n) is 9.67. The van der Waals surface area contributed by atoms with Crippen molar-refractivity contribution in [3.63, 3.8) is 0 Å². The highest BCUT2D eigenvalue weighted by molar-refractivity contribution is 5.56. The van der Waals surface area contributed by atoms with E-state index in [4.69, 9.17) is 9.47 Å². The topological polar surface area (TPSA) is 42.5 Å². The predicted octanol–water partition coefficient (Wildman–Crippen LogP) is 5.57. The van der Waals surface area contributed by atoms with E-state index in [9.17, 15) is 0 Å². The standard InChI is InChI=1S/C22H32N2O2/c1-3-4-5-6-9-17-26-20-12-10-11-19(18-20)23-15-16-24-21-13-7-8-14-22(21)25-2/h7-8,10-14,18,23-24H,3-6,9,15-17H2,1-2H3. The lowest BCUT2D eigenvalue weighted by Gasteiger charge is -2.12. The van der Waals surface area contributed by atoms with Crippen molar-refractivity contribution in [2.24, 2.45) is 0 Å². The van der Waals surface area contributed by atoms with E-state index in [2.05, 4.69) is 29.7 Å². The quantitative estimate of drug-likeness (QED) is 0.461. The fourth-order valence-corrected chi connectivity index (χ4v) is 2.79. The maximum Gasteiger partial charge on any atom is 0.141 e. The predicted molar refractivity (Wildman–Crippen MR) is 111 cm³/mol. The molecule has 4 nitrogen and oxygen atoms in total. The zero-order valence-electron chi connectivity index (χ0n) is 16.1. The van der Waals surface area contributed by atoms with Crippen molar-refractivity contribution in [2.45, 2.75) is 39.0 Å². The summed E-state index contributed by atoms with van der Waals surface area (Å²) in [7, 11) is 1.69. The first-order chi connectivity index (χ1) is 12.8. The summed E-state index contributed by atoms with van der Waals surface area (Å²) in [6.45, 7) is 4.66. The Balaban J connectivity index is 1.68. The number of ether oxygens (including phenoxy) is 2. The maximum atomic E-state index is 5.86. The molecule has 26 heavy (non-hydrogen) atoms. The van der Waals surface area contributed by atoms with Crippen molar-refractivity contribution in [1.82, 2.24) is 0 Å². The molecule has 0 fully saturated rings. The van der Waals surface area contributed by atoms with Gasteiger partial charge in [-0.15, -0.1) is 0 Å². The van der Waals surface area contributed by atoms with Crippen LogP contribution in [0.5, 0.6) is 11.5 Å². The van der Waals surface area contributed by atoms with Crippen molar-refractivity contribution in [1.29, 1.82) is 0 Å². The van der Waals surface area contributed by atoms with Gasteiger partial charge >= 0.3 is 0 Å². The number of unbranched alkanes of at least 4 members (excludes halogenated alkanes) is 4. The molecule has 142 valence electrons. The molecule has 0 amide bonds. The number of rotatable bonds is 13. The van der Waals surface area contributed by atoms with E-state index in [0.29, 0.717) is 0 Å². The lowest BCUT2D eigenvalue weighted by Crippen LogP contribution is -2.14. The molecule has 0 aliphatic rings. The summed E-state index contributed by atoms with van der Waals surface area (Å²) in [6.07, 6.45) is 6.28. The highest BCUT2D eigenvalue weighted by atomic mass is 16.5. The fraction of sp³-hybridized carbons (Fsp3) is 0.455. The van der Waals surface area contributed by atoms with E-state index < -0.39 is 0 Å². The molecular weight excluding hydrogens is 324 g/mol. The molecule has 2 N–H and O–H groups in total. The van der Waals surface area contributed by atoms with Gasteiger partial charge in [-0.1, -0.05) is 50.8 Å². The Labute approximate surface area is 157 Å². The number of para-hydroxylation sites is 2. The number of hydrogen-bond donors (Lipinski definition) is 2. The van der Waals surface area contributed by atoms with Crippen LogP contribution >= 0.6 is 0 Å². The summed E-state index contributed by atoms with van der Waals surface area (Å²) in [6, 6.07) is 16.1. The minimum Gasteiger partial charge on any atom is -0.495 e. The average molecular weight is 357 g/mol. The second-order valence-electron chi connectivity index (χ2n) is 6.34. The summed E-state index contributed by atoms with van der Waals surface area (Å²) in [4.78, 5) is 0. The van der Waals surface area contributed by atoms with E-state index in [0.717, 1.165) is 49.0 Å². The Hall–Kier alpha value is -2.36. The highest BCUT2D eigenvalue weighted by Crippen LogP contribution is 2.22. The molecular formula is C22H32N2O2. The third kappa shape index (κ3) is 7.26. The SMILES string of the molecule is CCCCCCCOc1cccc(NCCNc2ccccc2OC)c1. The molecule has 0 spiro atoms. The Morgan fingerprint density at radius 2 is 1.65 bits per heavy atom. The molecule has 0 atom stereocenters. The summed E-state index contributed by atoms with van der Waals surface area (Å²) < 4.78 is 11.2. The Morgan fingerprint density at radius 3 is 2.50 bits per heavy atom. The number of methoxy groups -OCH3 is 1. The highest BCUT2D eigenvalue weighted by Gasteiger charge is 2.00. The number of nitrogens with one attached hydrogen (secondary N) is 2. The van der Waals surface area contributed by atoms with Gasteiger partial charge < -0.3 is 20.1 Å². The molecule has 0 bridgehead atoms. The van der Waals surface area contributed by atoms with Gasteiger partial charge in [0.1, 0.15) is 11.5 Å². The van der Waals surface area contributed by atoms with Crippen LogP contribution in [0.4, 0.5) is 11.4 Å². The molecule has 0 aromatic heterocycles. The third-order valence-electron chi connectivity index (χ3n) is 4.23. The minimum atomic E-state index is 0.794. The van der Waals surface area contributed by atoms with Gasteiger partial charge in [-0.2, -0.15) is 0 Å². The van der Waals surface area contributed by atoms with E-state index >= 15 is 0 Å². The van der Waals surface area contributed by atoms with Crippen LogP contribution in [0.15, 0.2) is 48.5 Å². The van der Waals surface area contributed by atoms with Gasteiger partial charge in [0.15, 0.2) is 0 Å². The van der Waals surface area contributed by atoms with Gasteiger partial charge in [-0.25, -0.2) is 0 Å². The zero-order chi connectivity index (χ0) is 18.5. The largest absolute Gasteiger partial charge is 0.495 e. The van der Waals surface area contributed by atoms with Crippen LogP contribution in [0.25, 0.3) is 0 Å². The van der Waals surface area contributed by atoms with E-state index in [1.165, 1.54) is 25.7 Å². The molecule has 0 radical (unpaired) electrons. The van der Waals surface area contributed by atoms with Crippen LogP contribution < -0.4 is 20.1 Å². The van der Waals surface area contributed by atoms with Crippen molar-refractivity contribution >= 4 is 11.4 Å². The molecule has 0 unspecified atom stereocenters. The molecule has 4 heteroatoms. The molecule has 0 heterocycles. The smallest absolute Gasteiger partial charge is 0.141 e. The van der Waals surface area contributed by atoms with Crippen LogP contribution in [0, 0.1) is 0 Å².